The zero-order chi connectivity index (χ0) is 13.9. The molecule has 1 aromatic carbocycles. The number of aliphatic carboxylic acids is 1. The Kier molecular flexibility index (Phi) is 7.58. The van der Waals surface area contributed by atoms with Gasteiger partial charge in [-0.05, 0) is 30.6 Å². The van der Waals surface area contributed by atoms with E-state index in [1.807, 2.05) is 30.3 Å². The summed E-state index contributed by atoms with van der Waals surface area (Å²) < 4.78 is 0. The number of thiocarbonyl (C=S) groups is 1. The molecule has 0 saturated heterocycles. The van der Waals surface area contributed by atoms with Crippen LogP contribution in [0.1, 0.15) is 31.2 Å². The van der Waals surface area contributed by atoms with E-state index in [-0.39, 0.29) is 6.42 Å². The number of unbranched alkanes of at least 4 members (excludes halogenated alkanes) is 2. The average molecular weight is 280 g/mol. The normalized spacial score (nSPS) is 9.89. The monoisotopic (exact) mass is 280 g/mol. The maximum Gasteiger partial charge on any atom is 0.303 e. The minimum atomic E-state index is -0.729. The first-order valence-corrected chi connectivity index (χ1v) is 6.87. The maximum absolute atomic E-state index is 10.3. The summed E-state index contributed by atoms with van der Waals surface area (Å²) in [6, 6.07) is 10.1. The molecular weight excluding hydrogens is 260 g/mol. The lowest BCUT2D eigenvalue weighted by molar-refractivity contribution is -0.137. The molecule has 19 heavy (non-hydrogen) atoms. The number of carbonyl (C=O) groups is 1. The largest absolute Gasteiger partial charge is 0.481 e. The summed E-state index contributed by atoms with van der Waals surface area (Å²) >= 11 is 5.16. The molecule has 5 heteroatoms. The van der Waals surface area contributed by atoms with Gasteiger partial charge in [0.2, 0.25) is 0 Å². The van der Waals surface area contributed by atoms with E-state index >= 15 is 0 Å². The Bertz CT molecular complexity index is 396. The fourth-order valence-electron chi connectivity index (χ4n) is 1.62. The van der Waals surface area contributed by atoms with Crippen molar-refractivity contribution in [1.82, 2.24) is 10.6 Å². The van der Waals surface area contributed by atoms with Crippen molar-refractivity contribution in [2.75, 3.05) is 6.54 Å². The summed E-state index contributed by atoms with van der Waals surface area (Å²) in [7, 11) is 0. The minimum Gasteiger partial charge on any atom is -0.481 e. The zero-order valence-corrected chi connectivity index (χ0v) is 11.7. The van der Waals surface area contributed by atoms with Crippen molar-refractivity contribution >= 4 is 23.3 Å². The minimum absolute atomic E-state index is 0.247. The van der Waals surface area contributed by atoms with Crippen LogP contribution in [0.5, 0.6) is 0 Å². The van der Waals surface area contributed by atoms with Gasteiger partial charge < -0.3 is 15.7 Å². The molecule has 0 bridgehead atoms. The number of carboxylic acids is 1. The standard InChI is InChI=1S/C14H20N2O2S/c17-13(18)9-5-2-6-10-15-14(19)16-11-12-7-3-1-4-8-12/h1,3-4,7-8H,2,5-6,9-11H2,(H,17,18)(H2,15,16,19). The summed E-state index contributed by atoms with van der Waals surface area (Å²) in [6.07, 6.45) is 2.80. The summed E-state index contributed by atoms with van der Waals surface area (Å²) in [5, 5.41) is 15.4. The second-order valence-corrected chi connectivity index (χ2v) is 4.71. The van der Waals surface area contributed by atoms with Gasteiger partial charge in [-0.3, -0.25) is 4.79 Å². The van der Waals surface area contributed by atoms with Crippen molar-refractivity contribution in [3.63, 3.8) is 0 Å². The fraction of sp³-hybridized carbons (Fsp3) is 0.429. The van der Waals surface area contributed by atoms with E-state index in [9.17, 15) is 4.79 Å². The van der Waals surface area contributed by atoms with E-state index in [2.05, 4.69) is 10.6 Å². The van der Waals surface area contributed by atoms with Gasteiger partial charge in [0.15, 0.2) is 5.11 Å². The molecule has 1 rings (SSSR count). The molecule has 3 N–H and O–H groups in total. The van der Waals surface area contributed by atoms with Crippen LogP contribution in [-0.4, -0.2) is 22.7 Å². The molecule has 0 aromatic heterocycles. The summed E-state index contributed by atoms with van der Waals surface area (Å²) in [4.78, 5) is 10.3. The number of nitrogens with one attached hydrogen (secondary N) is 2. The highest BCUT2D eigenvalue weighted by Crippen LogP contribution is 1.99. The molecule has 4 nitrogen and oxygen atoms in total. The summed E-state index contributed by atoms with van der Waals surface area (Å²) in [5.41, 5.74) is 1.19. The Labute approximate surface area is 119 Å². The number of carboxylic acid groups (broad SMARTS) is 1. The number of rotatable bonds is 8. The van der Waals surface area contributed by atoms with Gasteiger partial charge in [-0.2, -0.15) is 0 Å². The SMILES string of the molecule is O=C(O)CCCCCNC(=S)NCc1ccccc1. The third-order valence-corrected chi connectivity index (χ3v) is 2.94. The van der Waals surface area contributed by atoms with Crippen LogP contribution in [0.2, 0.25) is 0 Å². The lowest BCUT2D eigenvalue weighted by atomic mass is 10.2. The van der Waals surface area contributed by atoms with Crippen LogP contribution >= 0.6 is 12.2 Å². The van der Waals surface area contributed by atoms with Gasteiger partial charge >= 0.3 is 5.97 Å². The van der Waals surface area contributed by atoms with Gasteiger partial charge in [-0.15, -0.1) is 0 Å². The highest BCUT2D eigenvalue weighted by Gasteiger charge is 1.98. The molecule has 0 aliphatic carbocycles. The third kappa shape index (κ3) is 8.15. The number of benzene rings is 1. The molecule has 0 fully saturated rings. The van der Waals surface area contributed by atoms with Crippen LogP contribution < -0.4 is 10.6 Å². The Morgan fingerprint density at radius 2 is 1.84 bits per heavy atom. The van der Waals surface area contributed by atoms with Crippen LogP contribution in [0.4, 0.5) is 0 Å². The molecule has 104 valence electrons. The molecule has 0 unspecified atom stereocenters. The van der Waals surface area contributed by atoms with Crippen LogP contribution in [0, 0.1) is 0 Å². The Hall–Kier alpha value is -1.62. The quantitative estimate of drug-likeness (QED) is 0.504. The first kappa shape index (κ1) is 15.4. The van der Waals surface area contributed by atoms with E-state index in [0.717, 1.165) is 25.8 Å². The third-order valence-electron chi connectivity index (χ3n) is 2.65. The highest BCUT2D eigenvalue weighted by atomic mass is 32.1. The Morgan fingerprint density at radius 1 is 1.11 bits per heavy atom. The lowest BCUT2D eigenvalue weighted by Crippen LogP contribution is -2.35. The molecule has 0 aliphatic heterocycles. The van der Waals surface area contributed by atoms with Gasteiger partial charge in [0, 0.05) is 19.5 Å². The fourth-order valence-corrected chi connectivity index (χ4v) is 1.79. The molecule has 0 amide bonds. The van der Waals surface area contributed by atoms with Crippen LogP contribution in [0.3, 0.4) is 0 Å². The molecule has 1 aromatic rings. The zero-order valence-electron chi connectivity index (χ0n) is 10.9. The van der Waals surface area contributed by atoms with E-state index < -0.39 is 5.97 Å². The highest BCUT2D eigenvalue weighted by molar-refractivity contribution is 7.80. The lowest BCUT2D eigenvalue weighted by Gasteiger charge is -2.10. The van der Waals surface area contributed by atoms with Crippen molar-refractivity contribution in [2.45, 2.75) is 32.2 Å². The van der Waals surface area contributed by atoms with Gasteiger partial charge in [0.1, 0.15) is 0 Å². The molecular formula is C14H20N2O2S. The molecule has 0 atom stereocenters. The van der Waals surface area contributed by atoms with E-state index in [1.165, 1.54) is 5.56 Å². The number of hydrogen-bond donors (Lipinski definition) is 3. The van der Waals surface area contributed by atoms with Crippen molar-refractivity contribution in [3.8, 4) is 0 Å². The molecule has 0 aliphatic rings. The van der Waals surface area contributed by atoms with E-state index in [0.29, 0.717) is 11.7 Å². The van der Waals surface area contributed by atoms with E-state index in [1.54, 1.807) is 0 Å². The van der Waals surface area contributed by atoms with Gasteiger partial charge in [-0.1, -0.05) is 36.8 Å². The molecule has 0 radical (unpaired) electrons. The van der Waals surface area contributed by atoms with Gasteiger partial charge in [-0.25, -0.2) is 0 Å². The van der Waals surface area contributed by atoms with Crippen LogP contribution in [0.15, 0.2) is 30.3 Å². The van der Waals surface area contributed by atoms with Gasteiger partial charge in [0.05, 0.1) is 0 Å². The van der Waals surface area contributed by atoms with Crippen LogP contribution in [-0.2, 0) is 11.3 Å². The summed E-state index contributed by atoms with van der Waals surface area (Å²) in [5.74, 6) is -0.729. The molecule has 0 heterocycles. The van der Waals surface area contributed by atoms with Crippen molar-refractivity contribution in [2.24, 2.45) is 0 Å². The smallest absolute Gasteiger partial charge is 0.303 e. The number of hydrogen-bond acceptors (Lipinski definition) is 2. The predicted octanol–water partition coefficient (Wildman–Crippen LogP) is 2.30. The second kappa shape index (κ2) is 9.33. The van der Waals surface area contributed by atoms with Gasteiger partial charge in [0.25, 0.3) is 0 Å². The maximum atomic E-state index is 10.3. The first-order chi connectivity index (χ1) is 9.18. The molecule has 0 spiro atoms. The Morgan fingerprint density at radius 3 is 2.53 bits per heavy atom. The molecule has 0 saturated carbocycles. The second-order valence-electron chi connectivity index (χ2n) is 4.30. The summed E-state index contributed by atoms with van der Waals surface area (Å²) in [6.45, 7) is 1.49. The first-order valence-electron chi connectivity index (χ1n) is 6.46. The van der Waals surface area contributed by atoms with Crippen molar-refractivity contribution in [1.29, 1.82) is 0 Å². The van der Waals surface area contributed by atoms with Crippen LogP contribution in [0.25, 0.3) is 0 Å². The Balaban J connectivity index is 2.01. The topological polar surface area (TPSA) is 61.4 Å². The predicted molar refractivity (Wildman–Crippen MR) is 80.0 cm³/mol. The van der Waals surface area contributed by atoms with Crippen molar-refractivity contribution in [3.05, 3.63) is 35.9 Å². The average Bonchev–Trinajstić information content (AvgIpc) is 2.41. The van der Waals surface area contributed by atoms with E-state index in [4.69, 9.17) is 17.3 Å². The van der Waals surface area contributed by atoms with Crippen molar-refractivity contribution < 1.29 is 9.90 Å².